The molecule has 0 radical (unpaired) electrons. The number of methoxy groups -OCH3 is 1. The van der Waals surface area contributed by atoms with Crippen LogP contribution in [-0.2, 0) is 16.3 Å². The fourth-order valence-corrected chi connectivity index (χ4v) is 4.96. The van der Waals surface area contributed by atoms with Gasteiger partial charge in [0.05, 0.1) is 23.3 Å². The Labute approximate surface area is 187 Å². The number of nitrogens with one attached hydrogen (secondary N) is 2. The lowest BCUT2D eigenvalue weighted by molar-refractivity contribution is 0.0707. The summed E-state index contributed by atoms with van der Waals surface area (Å²) >= 11 is 0. The molecule has 9 heteroatoms. The van der Waals surface area contributed by atoms with Gasteiger partial charge in [-0.25, -0.2) is 13.9 Å². The minimum absolute atomic E-state index is 0.0793. The number of hydrogen-bond acceptors (Lipinski definition) is 7. The Kier molecular flexibility index (Phi) is 7.12. The van der Waals surface area contributed by atoms with E-state index in [9.17, 15) is 18.4 Å². The number of hydroxylamine groups is 1. The lowest BCUT2D eigenvalue weighted by Crippen LogP contribution is -2.26. The summed E-state index contributed by atoms with van der Waals surface area (Å²) < 4.78 is 32.4. The number of nitrogens with zero attached hydrogens (tertiary/aromatic N) is 1. The molecule has 0 aliphatic rings. The molecule has 0 aliphatic carbocycles. The van der Waals surface area contributed by atoms with Gasteiger partial charge in [0.25, 0.3) is 5.91 Å². The van der Waals surface area contributed by atoms with Crippen LogP contribution in [0.5, 0.6) is 5.75 Å². The zero-order chi connectivity index (χ0) is 23.3. The van der Waals surface area contributed by atoms with Gasteiger partial charge in [-0.1, -0.05) is 19.1 Å². The second kappa shape index (κ2) is 9.80. The molecular weight excluding hydrogens is 430 g/mol. The molecule has 1 aromatic heterocycles. The third kappa shape index (κ3) is 4.74. The molecule has 0 aliphatic heterocycles. The summed E-state index contributed by atoms with van der Waals surface area (Å²) in [6.45, 7) is 3.71. The summed E-state index contributed by atoms with van der Waals surface area (Å²) in [5.74, 6) is -0.208. The number of sulfone groups is 1. The second-order valence-corrected chi connectivity index (χ2v) is 9.19. The van der Waals surface area contributed by atoms with Crippen molar-refractivity contribution in [1.82, 2.24) is 10.5 Å². The average Bonchev–Trinajstić information content (AvgIpc) is 2.82. The molecule has 3 N–H and O–H groups in total. The molecule has 1 heterocycles. The van der Waals surface area contributed by atoms with Crippen LogP contribution in [0, 0.1) is 6.92 Å². The highest BCUT2D eigenvalue weighted by Crippen LogP contribution is 2.34. The van der Waals surface area contributed by atoms with E-state index in [0.29, 0.717) is 29.0 Å². The Hall–Kier alpha value is -3.43. The van der Waals surface area contributed by atoms with E-state index >= 15 is 0 Å². The fraction of sp³-hybridized carbons (Fsp3) is 0.217. The summed E-state index contributed by atoms with van der Waals surface area (Å²) in [4.78, 5) is 16.5. The quantitative estimate of drug-likeness (QED) is 0.350. The van der Waals surface area contributed by atoms with Crippen molar-refractivity contribution in [2.45, 2.75) is 30.5 Å². The minimum atomic E-state index is -3.96. The number of hydrogen-bond donors (Lipinski definition) is 3. The Morgan fingerprint density at radius 2 is 1.91 bits per heavy atom. The standard InChI is InChI=1S/C23H25N3O5S/c1-4-16-12-15(2)21(20(13-16)22(27)26-28)25-23(17-6-5-11-24-14-17)32(29,30)19-9-7-18(31-3)8-10-19/h5-14,23,25,28H,4H2,1-3H3,(H,26,27). The molecule has 0 bridgehead atoms. The van der Waals surface area contributed by atoms with E-state index in [1.165, 1.54) is 25.4 Å². The number of ether oxygens (including phenoxy) is 1. The molecule has 1 unspecified atom stereocenters. The molecule has 8 nitrogen and oxygen atoms in total. The molecule has 3 aromatic rings. The first-order valence-corrected chi connectivity index (χ1v) is 11.5. The van der Waals surface area contributed by atoms with Gasteiger partial charge >= 0.3 is 0 Å². The number of carbonyl (C=O) groups excluding carboxylic acids is 1. The number of aromatic nitrogens is 1. The first-order chi connectivity index (χ1) is 15.3. The number of pyridine rings is 1. The van der Waals surface area contributed by atoms with Crippen molar-refractivity contribution in [3.63, 3.8) is 0 Å². The van der Waals surface area contributed by atoms with Crippen LogP contribution in [-0.4, -0.2) is 31.6 Å². The van der Waals surface area contributed by atoms with E-state index < -0.39 is 21.1 Å². The Morgan fingerprint density at radius 1 is 1.19 bits per heavy atom. The Morgan fingerprint density at radius 3 is 2.47 bits per heavy atom. The number of benzene rings is 2. The predicted octanol–water partition coefficient (Wildman–Crippen LogP) is 3.66. The summed E-state index contributed by atoms with van der Waals surface area (Å²) in [5.41, 5.74) is 4.04. The highest BCUT2D eigenvalue weighted by Gasteiger charge is 2.31. The van der Waals surface area contributed by atoms with Crippen LogP contribution in [0.2, 0.25) is 0 Å². The van der Waals surface area contributed by atoms with E-state index in [4.69, 9.17) is 4.74 Å². The van der Waals surface area contributed by atoms with Crippen molar-refractivity contribution in [3.05, 3.63) is 83.2 Å². The third-order valence-corrected chi connectivity index (χ3v) is 7.05. The number of carbonyl (C=O) groups is 1. The molecule has 1 amide bonds. The van der Waals surface area contributed by atoms with Crippen LogP contribution in [0.3, 0.4) is 0 Å². The largest absolute Gasteiger partial charge is 0.497 e. The Balaban J connectivity index is 2.16. The SMILES string of the molecule is CCc1cc(C)c(NC(c2cccnc2)S(=O)(=O)c2ccc(OC)cc2)c(C(=O)NO)c1. The first kappa shape index (κ1) is 23.2. The van der Waals surface area contributed by atoms with Crippen LogP contribution in [0.1, 0.15) is 39.3 Å². The van der Waals surface area contributed by atoms with Crippen LogP contribution >= 0.6 is 0 Å². The molecule has 168 valence electrons. The van der Waals surface area contributed by atoms with Gasteiger partial charge in [0.1, 0.15) is 5.75 Å². The van der Waals surface area contributed by atoms with Crippen LogP contribution in [0.15, 0.2) is 65.8 Å². The van der Waals surface area contributed by atoms with Gasteiger partial charge in [0.15, 0.2) is 5.37 Å². The molecule has 1 atom stereocenters. The van der Waals surface area contributed by atoms with Crippen LogP contribution in [0.4, 0.5) is 5.69 Å². The van der Waals surface area contributed by atoms with Crippen molar-refractivity contribution in [2.75, 3.05) is 12.4 Å². The zero-order valence-electron chi connectivity index (χ0n) is 18.0. The van der Waals surface area contributed by atoms with Gasteiger partial charge in [-0.3, -0.25) is 15.0 Å². The lowest BCUT2D eigenvalue weighted by Gasteiger charge is -2.24. The summed E-state index contributed by atoms with van der Waals surface area (Å²) in [7, 11) is -2.46. The van der Waals surface area contributed by atoms with Crippen molar-refractivity contribution in [3.8, 4) is 5.75 Å². The molecule has 2 aromatic carbocycles. The highest BCUT2D eigenvalue weighted by molar-refractivity contribution is 7.91. The van der Waals surface area contributed by atoms with E-state index in [-0.39, 0.29) is 10.5 Å². The number of rotatable bonds is 8. The second-order valence-electron chi connectivity index (χ2n) is 7.16. The lowest BCUT2D eigenvalue weighted by atomic mass is 10.0. The van der Waals surface area contributed by atoms with E-state index in [2.05, 4.69) is 10.3 Å². The summed E-state index contributed by atoms with van der Waals surface area (Å²) in [5, 5.41) is 11.0. The molecule has 0 saturated heterocycles. The summed E-state index contributed by atoms with van der Waals surface area (Å²) in [6, 6.07) is 12.9. The van der Waals surface area contributed by atoms with Gasteiger partial charge in [0.2, 0.25) is 9.84 Å². The molecular formula is C23H25N3O5S. The van der Waals surface area contributed by atoms with Gasteiger partial charge in [0, 0.05) is 18.0 Å². The summed E-state index contributed by atoms with van der Waals surface area (Å²) in [6.07, 6.45) is 3.68. The van der Waals surface area contributed by atoms with E-state index in [0.717, 1.165) is 5.56 Å². The fourth-order valence-electron chi connectivity index (χ4n) is 3.40. The molecule has 0 saturated carbocycles. The monoisotopic (exact) mass is 455 g/mol. The highest BCUT2D eigenvalue weighted by atomic mass is 32.2. The zero-order valence-corrected chi connectivity index (χ0v) is 18.8. The van der Waals surface area contributed by atoms with Gasteiger partial charge in [-0.15, -0.1) is 0 Å². The van der Waals surface area contributed by atoms with Gasteiger partial charge in [-0.05, 0) is 60.9 Å². The number of aryl methyl sites for hydroxylation is 2. The van der Waals surface area contributed by atoms with Crippen LogP contribution < -0.4 is 15.5 Å². The smallest absolute Gasteiger partial charge is 0.276 e. The van der Waals surface area contributed by atoms with Crippen molar-refractivity contribution >= 4 is 21.4 Å². The Bertz CT molecular complexity index is 1200. The number of anilines is 1. The van der Waals surface area contributed by atoms with Gasteiger partial charge < -0.3 is 10.1 Å². The maximum atomic E-state index is 13.6. The number of amides is 1. The third-order valence-electron chi connectivity index (χ3n) is 5.11. The maximum absolute atomic E-state index is 13.6. The minimum Gasteiger partial charge on any atom is -0.497 e. The van der Waals surface area contributed by atoms with Crippen LogP contribution in [0.25, 0.3) is 0 Å². The van der Waals surface area contributed by atoms with E-state index in [1.54, 1.807) is 48.9 Å². The van der Waals surface area contributed by atoms with Crippen molar-refractivity contribution < 1.29 is 23.2 Å². The van der Waals surface area contributed by atoms with Gasteiger partial charge in [-0.2, -0.15) is 0 Å². The van der Waals surface area contributed by atoms with Crippen molar-refractivity contribution in [1.29, 1.82) is 0 Å². The van der Waals surface area contributed by atoms with Crippen molar-refractivity contribution in [2.24, 2.45) is 0 Å². The molecule has 3 rings (SSSR count). The first-order valence-electron chi connectivity index (χ1n) is 9.94. The maximum Gasteiger partial charge on any atom is 0.276 e. The average molecular weight is 456 g/mol. The molecule has 0 fully saturated rings. The molecule has 32 heavy (non-hydrogen) atoms. The topological polar surface area (TPSA) is 118 Å². The molecule has 0 spiro atoms. The predicted molar refractivity (Wildman–Crippen MR) is 121 cm³/mol. The van der Waals surface area contributed by atoms with E-state index in [1.807, 2.05) is 13.0 Å². The normalized spacial score (nSPS) is 12.1.